The largest absolute Gasteiger partial charge is 0.291 e. The summed E-state index contributed by atoms with van der Waals surface area (Å²) in [6, 6.07) is 0.134. The Morgan fingerprint density at radius 1 is 1.06 bits per heavy atom. The monoisotopic (exact) mass is 282 g/mol. The molecule has 0 saturated heterocycles. The number of fused-ring (bicyclic) bond motifs is 2. The molecular weight excluding hydrogens is 264 g/mol. The fourth-order valence-electron chi connectivity index (χ4n) is 3.57. The molecule has 3 aliphatic rings. The molecule has 3 aliphatic carbocycles. The maximum absolute atomic E-state index is 12.0. The highest BCUT2D eigenvalue weighted by Crippen LogP contribution is 2.44. The molecule has 0 heterocycles. The van der Waals surface area contributed by atoms with E-state index in [2.05, 4.69) is 10.9 Å². The van der Waals surface area contributed by atoms with E-state index in [0.29, 0.717) is 17.3 Å². The van der Waals surface area contributed by atoms with Crippen LogP contribution in [0.25, 0.3) is 0 Å². The Morgan fingerprint density at radius 3 is 2.56 bits per heavy atom. The number of hydrazine groups is 1. The molecule has 0 aromatic carbocycles. The number of thiocarbonyl (C=S) groups is 2. The second-order valence-corrected chi connectivity index (χ2v) is 6.77. The van der Waals surface area contributed by atoms with Crippen LogP contribution in [0.1, 0.15) is 38.5 Å². The average Bonchev–Trinajstić information content (AvgIpc) is 2.96. The van der Waals surface area contributed by atoms with E-state index in [0.717, 1.165) is 23.1 Å². The lowest BCUT2D eigenvalue weighted by atomic mass is 9.93. The first-order valence-corrected chi connectivity index (χ1v) is 7.57. The summed E-state index contributed by atoms with van der Waals surface area (Å²) in [5.74, 6) is 1.67. The van der Waals surface area contributed by atoms with Crippen molar-refractivity contribution in [1.29, 1.82) is 0 Å². The van der Waals surface area contributed by atoms with Gasteiger partial charge in [0.25, 0.3) is 0 Å². The molecule has 0 aromatic heterocycles. The third-order valence-electron chi connectivity index (χ3n) is 4.61. The summed E-state index contributed by atoms with van der Waals surface area (Å²) in [7, 11) is 0. The number of carbonyl (C=O) groups is 1. The van der Waals surface area contributed by atoms with Crippen molar-refractivity contribution in [2.45, 2.75) is 50.6 Å². The predicted octanol–water partition coefficient (Wildman–Crippen LogP) is 1.74. The summed E-state index contributed by atoms with van der Waals surface area (Å²) >= 11 is 10.4. The predicted molar refractivity (Wildman–Crippen MR) is 78.7 cm³/mol. The van der Waals surface area contributed by atoms with Gasteiger partial charge in [-0.1, -0.05) is 30.9 Å². The zero-order valence-electron chi connectivity index (χ0n) is 10.3. The number of rotatable bonds is 3. The Balaban J connectivity index is 1.57. The molecule has 98 valence electrons. The second kappa shape index (κ2) is 5.04. The van der Waals surface area contributed by atoms with Gasteiger partial charge in [0.15, 0.2) is 5.78 Å². The molecule has 3 nitrogen and oxygen atoms in total. The highest BCUT2D eigenvalue weighted by Gasteiger charge is 2.40. The molecular formula is C13H18N2OS2. The Hall–Kier alpha value is -0.230. The van der Waals surface area contributed by atoms with Crippen LogP contribution in [0.2, 0.25) is 0 Å². The smallest absolute Gasteiger partial charge is 0.192 e. The molecule has 3 fully saturated rings. The first-order chi connectivity index (χ1) is 8.65. The molecule has 18 heavy (non-hydrogen) atoms. The van der Waals surface area contributed by atoms with E-state index in [9.17, 15) is 4.79 Å². The average molecular weight is 282 g/mol. The zero-order chi connectivity index (χ0) is 12.7. The van der Waals surface area contributed by atoms with Crippen LogP contribution in [-0.4, -0.2) is 27.6 Å². The van der Waals surface area contributed by atoms with Gasteiger partial charge in [-0.2, -0.15) is 0 Å². The number of Topliss-reactive ketones (excluding diaryl/α,β-unsaturated/α-hetero) is 1. The van der Waals surface area contributed by atoms with Crippen LogP contribution in [0.15, 0.2) is 0 Å². The lowest BCUT2D eigenvalue weighted by molar-refractivity contribution is -0.113. The van der Waals surface area contributed by atoms with Crippen molar-refractivity contribution in [3.8, 4) is 0 Å². The van der Waals surface area contributed by atoms with Gasteiger partial charge in [-0.3, -0.25) is 10.2 Å². The SMILES string of the molecule is O=C1C(=S)CCC(=S)C1NNC1CC2CCC1C2. The number of carbonyl (C=O) groups excluding carboxylic acids is 1. The van der Waals surface area contributed by atoms with Crippen LogP contribution in [0.5, 0.6) is 0 Å². The summed E-state index contributed by atoms with van der Waals surface area (Å²) in [5.41, 5.74) is 6.50. The topological polar surface area (TPSA) is 41.1 Å². The van der Waals surface area contributed by atoms with Gasteiger partial charge in [-0.05, 0) is 43.9 Å². The van der Waals surface area contributed by atoms with Crippen LogP contribution in [0, 0.1) is 11.8 Å². The minimum absolute atomic E-state index is 0.00286. The summed E-state index contributed by atoms with van der Waals surface area (Å²) in [4.78, 5) is 13.3. The van der Waals surface area contributed by atoms with Crippen molar-refractivity contribution in [1.82, 2.24) is 10.9 Å². The number of hydrogen-bond acceptors (Lipinski definition) is 5. The van der Waals surface area contributed by atoms with E-state index in [-0.39, 0.29) is 11.8 Å². The van der Waals surface area contributed by atoms with Crippen molar-refractivity contribution >= 4 is 39.9 Å². The van der Waals surface area contributed by atoms with E-state index in [4.69, 9.17) is 24.4 Å². The van der Waals surface area contributed by atoms with Gasteiger partial charge in [0, 0.05) is 10.9 Å². The van der Waals surface area contributed by atoms with Crippen LogP contribution in [0.3, 0.4) is 0 Å². The van der Waals surface area contributed by atoms with Crippen LogP contribution in [0.4, 0.5) is 0 Å². The lowest BCUT2D eigenvalue weighted by Gasteiger charge is -2.28. The lowest BCUT2D eigenvalue weighted by Crippen LogP contribution is -2.57. The molecule has 0 spiro atoms. The van der Waals surface area contributed by atoms with E-state index >= 15 is 0 Å². The minimum atomic E-state index is -0.375. The molecule has 2 bridgehead atoms. The first-order valence-electron chi connectivity index (χ1n) is 6.76. The third-order valence-corrected chi connectivity index (χ3v) is 5.45. The Labute approximate surface area is 118 Å². The molecule has 3 rings (SSSR count). The molecule has 3 saturated carbocycles. The molecule has 4 atom stereocenters. The van der Waals surface area contributed by atoms with Crippen molar-refractivity contribution in [3.63, 3.8) is 0 Å². The van der Waals surface area contributed by atoms with E-state index < -0.39 is 0 Å². The minimum Gasteiger partial charge on any atom is -0.291 e. The molecule has 4 unspecified atom stereocenters. The Bertz CT molecular complexity index is 410. The standard InChI is InChI=1S/C13H18N2OS2/c16-13-11(18)4-3-10(17)12(13)15-14-9-6-7-1-2-8(9)5-7/h7-9,12,14-15H,1-6H2. The quantitative estimate of drug-likeness (QED) is 0.609. The fourth-order valence-corrected chi connectivity index (χ4v) is 4.06. The molecule has 5 heteroatoms. The number of nitrogens with one attached hydrogen (secondary N) is 2. The van der Waals surface area contributed by atoms with Crippen LogP contribution < -0.4 is 10.9 Å². The summed E-state index contributed by atoms with van der Waals surface area (Å²) < 4.78 is 0. The maximum atomic E-state index is 12.0. The van der Waals surface area contributed by atoms with Crippen LogP contribution >= 0.6 is 24.4 Å². The normalized spacial score (nSPS) is 39.7. The van der Waals surface area contributed by atoms with Gasteiger partial charge in [-0.15, -0.1) is 0 Å². The van der Waals surface area contributed by atoms with Gasteiger partial charge in [0.05, 0.1) is 4.86 Å². The maximum Gasteiger partial charge on any atom is 0.192 e. The summed E-state index contributed by atoms with van der Waals surface area (Å²) in [6.07, 6.45) is 6.70. The Morgan fingerprint density at radius 2 is 1.89 bits per heavy atom. The van der Waals surface area contributed by atoms with Gasteiger partial charge in [0.1, 0.15) is 6.04 Å². The first kappa shape index (κ1) is 12.8. The molecule has 2 N–H and O–H groups in total. The molecule has 0 radical (unpaired) electrons. The Kier molecular flexibility index (Phi) is 3.58. The molecule has 0 aliphatic heterocycles. The van der Waals surface area contributed by atoms with Gasteiger partial charge in [-0.25, -0.2) is 5.43 Å². The summed E-state index contributed by atoms with van der Waals surface area (Å²) in [6.45, 7) is 0. The van der Waals surface area contributed by atoms with E-state index in [1.165, 1.54) is 25.7 Å². The fraction of sp³-hybridized carbons (Fsp3) is 0.769. The van der Waals surface area contributed by atoms with E-state index in [1.807, 2.05) is 0 Å². The number of hydrogen-bond donors (Lipinski definition) is 2. The highest BCUT2D eigenvalue weighted by molar-refractivity contribution is 7.82. The van der Waals surface area contributed by atoms with Crippen molar-refractivity contribution in [3.05, 3.63) is 0 Å². The third kappa shape index (κ3) is 2.29. The molecule has 0 aromatic rings. The van der Waals surface area contributed by atoms with Crippen LogP contribution in [-0.2, 0) is 4.79 Å². The second-order valence-electron chi connectivity index (χ2n) is 5.76. The van der Waals surface area contributed by atoms with Gasteiger partial charge < -0.3 is 0 Å². The molecule has 0 amide bonds. The highest BCUT2D eigenvalue weighted by atomic mass is 32.1. The van der Waals surface area contributed by atoms with Crippen molar-refractivity contribution in [2.24, 2.45) is 11.8 Å². The van der Waals surface area contributed by atoms with Crippen molar-refractivity contribution < 1.29 is 4.79 Å². The number of ketones is 1. The summed E-state index contributed by atoms with van der Waals surface area (Å²) in [5, 5.41) is 0. The van der Waals surface area contributed by atoms with Gasteiger partial charge in [0.2, 0.25) is 0 Å². The van der Waals surface area contributed by atoms with Crippen molar-refractivity contribution in [2.75, 3.05) is 0 Å². The van der Waals surface area contributed by atoms with E-state index in [1.54, 1.807) is 0 Å². The zero-order valence-corrected chi connectivity index (χ0v) is 11.9. The van der Waals surface area contributed by atoms with Gasteiger partial charge >= 0.3 is 0 Å².